The monoisotopic (exact) mass is 871 g/mol. The lowest BCUT2D eigenvalue weighted by Crippen LogP contribution is -2.29. The molecule has 0 spiro atoms. The maximum atomic E-state index is 12.6. The van der Waals surface area contributed by atoms with E-state index in [1.807, 2.05) is 0 Å². The minimum Gasteiger partial charge on any atom is -0.463 e. The lowest BCUT2D eigenvalue weighted by molar-refractivity contribution is -0.155. The van der Waals surface area contributed by atoms with Crippen LogP contribution in [0.2, 0.25) is 0 Å². The highest BCUT2D eigenvalue weighted by Crippen LogP contribution is 2.16. The quantitative estimate of drug-likeness (QED) is 0.0346. The van der Waals surface area contributed by atoms with Crippen LogP contribution in [0, 0.1) is 0 Å². The Morgan fingerprint density at radius 3 is 1.03 bits per heavy atom. The van der Waals surface area contributed by atoms with Gasteiger partial charge in [0.1, 0.15) is 19.3 Å². The summed E-state index contributed by atoms with van der Waals surface area (Å²) >= 11 is 0. The summed E-state index contributed by atoms with van der Waals surface area (Å²) in [6, 6.07) is 0. The maximum absolute atomic E-state index is 12.6. The Balaban J connectivity index is 4.24. The van der Waals surface area contributed by atoms with Crippen LogP contribution in [0.5, 0.6) is 0 Å². The highest BCUT2D eigenvalue weighted by molar-refractivity contribution is 5.69. The van der Waals surface area contributed by atoms with E-state index in [-0.39, 0.29) is 25.2 Å². The van der Waals surface area contributed by atoms with Crippen LogP contribution in [-0.2, 0) is 23.8 Å². The molecule has 0 aromatic carbocycles. The number of allylic oxidation sites excluding steroid dienone is 6. The van der Waals surface area contributed by atoms with Gasteiger partial charge in [0.05, 0.1) is 0 Å². The smallest absolute Gasteiger partial charge is 0.305 e. The maximum Gasteiger partial charge on any atom is 0.305 e. The zero-order valence-corrected chi connectivity index (χ0v) is 41.9. The van der Waals surface area contributed by atoms with E-state index in [9.17, 15) is 9.59 Å². The molecule has 0 amide bonds. The van der Waals surface area contributed by atoms with Crippen molar-refractivity contribution in [2.45, 2.75) is 297 Å². The molecule has 0 aromatic rings. The molecule has 62 heavy (non-hydrogen) atoms. The van der Waals surface area contributed by atoms with Crippen molar-refractivity contribution in [2.75, 3.05) is 19.8 Å². The van der Waals surface area contributed by atoms with Gasteiger partial charge < -0.3 is 14.2 Å². The Kier molecular flexibility index (Phi) is 51.8. The van der Waals surface area contributed by atoms with E-state index in [2.05, 4.69) is 57.2 Å². The largest absolute Gasteiger partial charge is 0.463 e. The molecule has 5 heteroatoms. The average molecular weight is 871 g/mol. The molecule has 0 bridgehead atoms. The first-order valence-corrected chi connectivity index (χ1v) is 27.5. The lowest BCUT2D eigenvalue weighted by Gasteiger charge is -2.18. The number of carbonyl (C=O) groups excluding carboxylic acids is 2. The van der Waals surface area contributed by atoms with Crippen molar-refractivity contribution in [3.8, 4) is 0 Å². The van der Waals surface area contributed by atoms with Gasteiger partial charge in [0.15, 0.2) is 0 Å². The number of carbonyl (C=O) groups is 2. The Morgan fingerprint density at radius 1 is 0.355 bits per heavy atom. The van der Waals surface area contributed by atoms with E-state index < -0.39 is 6.10 Å². The molecule has 0 aliphatic carbocycles. The Labute approximate surface area is 387 Å². The summed E-state index contributed by atoms with van der Waals surface area (Å²) in [5.74, 6) is -0.337. The Hall–Kier alpha value is -1.88. The molecule has 0 aliphatic heterocycles. The summed E-state index contributed by atoms with van der Waals surface area (Å²) in [7, 11) is 0. The molecule has 0 radical (unpaired) electrons. The fraction of sp³-hybridized carbons (Fsp3) is 0.860. The topological polar surface area (TPSA) is 61.8 Å². The Morgan fingerprint density at radius 2 is 0.661 bits per heavy atom. The number of ether oxygens (including phenoxy) is 3. The molecule has 0 unspecified atom stereocenters. The van der Waals surface area contributed by atoms with Crippen molar-refractivity contribution in [2.24, 2.45) is 0 Å². The predicted octanol–water partition coefficient (Wildman–Crippen LogP) is 18.6. The van der Waals surface area contributed by atoms with E-state index in [0.29, 0.717) is 19.4 Å². The molecule has 0 saturated heterocycles. The van der Waals surface area contributed by atoms with Crippen LogP contribution in [0.4, 0.5) is 0 Å². The first-order chi connectivity index (χ1) is 30.6. The van der Waals surface area contributed by atoms with Gasteiger partial charge in [-0.15, -0.1) is 0 Å². The predicted molar refractivity (Wildman–Crippen MR) is 270 cm³/mol. The van der Waals surface area contributed by atoms with Crippen LogP contribution >= 0.6 is 0 Å². The van der Waals surface area contributed by atoms with E-state index in [1.165, 1.54) is 186 Å². The molecule has 0 fully saturated rings. The zero-order chi connectivity index (χ0) is 44.9. The molecule has 0 rings (SSSR count). The highest BCUT2D eigenvalue weighted by atomic mass is 16.6. The van der Waals surface area contributed by atoms with Crippen LogP contribution < -0.4 is 0 Å². The number of esters is 2. The molecule has 5 nitrogen and oxygen atoms in total. The lowest BCUT2D eigenvalue weighted by atomic mass is 10.0. The van der Waals surface area contributed by atoms with Crippen molar-refractivity contribution in [1.29, 1.82) is 0 Å². The van der Waals surface area contributed by atoms with Crippen molar-refractivity contribution in [3.63, 3.8) is 0 Å². The summed E-state index contributed by atoms with van der Waals surface area (Å²) in [6.45, 7) is 7.66. The van der Waals surface area contributed by atoms with Gasteiger partial charge >= 0.3 is 11.9 Å². The highest BCUT2D eigenvalue weighted by Gasteiger charge is 2.16. The molecular weight excluding hydrogens is 765 g/mol. The second kappa shape index (κ2) is 53.5. The average Bonchev–Trinajstić information content (AvgIpc) is 3.28. The van der Waals surface area contributed by atoms with E-state index in [0.717, 1.165) is 70.6 Å². The van der Waals surface area contributed by atoms with Crippen LogP contribution in [0.25, 0.3) is 0 Å². The van der Waals surface area contributed by atoms with Crippen LogP contribution in [0.3, 0.4) is 0 Å². The van der Waals surface area contributed by atoms with Gasteiger partial charge in [0.25, 0.3) is 0 Å². The minimum atomic E-state index is -0.401. The van der Waals surface area contributed by atoms with Gasteiger partial charge in [-0.1, -0.05) is 263 Å². The molecule has 1 atom stereocenters. The van der Waals surface area contributed by atoms with Crippen molar-refractivity contribution < 1.29 is 23.8 Å². The van der Waals surface area contributed by atoms with Gasteiger partial charge in [-0.3, -0.25) is 9.59 Å². The van der Waals surface area contributed by atoms with Crippen molar-refractivity contribution in [1.82, 2.24) is 0 Å². The summed E-state index contributed by atoms with van der Waals surface area (Å²) < 4.78 is 17.5. The zero-order valence-electron chi connectivity index (χ0n) is 41.9. The fourth-order valence-electron chi connectivity index (χ4n) is 8.09. The van der Waals surface area contributed by atoms with Gasteiger partial charge in [-0.25, -0.2) is 0 Å². The van der Waals surface area contributed by atoms with Crippen molar-refractivity contribution in [3.05, 3.63) is 36.5 Å². The third-order valence-electron chi connectivity index (χ3n) is 12.2. The summed E-state index contributed by atoms with van der Waals surface area (Å²) in [4.78, 5) is 25.2. The molecule has 0 aromatic heterocycles. The molecular formula is C57H106O5. The van der Waals surface area contributed by atoms with E-state index >= 15 is 0 Å². The van der Waals surface area contributed by atoms with Gasteiger partial charge in [0.2, 0.25) is 0 Å². The number of hydrogen-bond donors (Lipinski definition) is 0. The molecule has 0 aliphatic rings. The van der Waals surface area contributed by atoms with Crippen molar-refractivity contribution >= 4 is 11.9 Å². The second-order valence-corrected chi connectivity index (χ2v) is 18.5. The van der Waals surface area contributed by atoms with E-state index in [4.69, 9.17) is 14.2 Å². The first-order valence-electron chi connectivity index (χ1n) is 27.5. The third kappa shape index (κ3) is 50.8. The second-order valence-electron chi connectivity index (χ2n) is 18.5. The number of hydrogen-bond acceptors (Lipinski definition) is 5. The number of unbranched alkanes of at least 4 members (excludes halogenated alkanes) is 34. The standard InChI is InChI=1S/C57H106O5/c1-4-7-10-13-16-19-22-25-28-31-34-37-40-43-46-49-52-60-55(53-61-56(58)50-47-44-41-38-35-32-29-26-23-20-17-14-11-8-5-2)54-62-57(59)51-48-45-42-39-36-33-30-27-24-21-18-15-12-9-6-3/h8,11,17,20,26,29,55H,4-7,9-10,12-16,18-19,21-25,27-28,30-54H2,1-3H3/b11-8-,20-17-,29-26-/t55-/m1/s1. The van der Waals surface area contributed by atoms with Gasteiger partial charge in [-0.2, -0.15) is 0 Å². The fourth-order valence-corrected chi connectivity index (χ4v) is 8.09. The molecule has 0 heterocycles. The van der Waals surface area contributed by atoms with Gasteiger partial charge in [0, 0.05) is 19.4 Å². The third-order valence-corrected chi connectivity index (χ3v) is 12.2. The van der Waals surface area contributed by atoms with Gasteiger partial charge in [-0.05, 0) is 51.4 Å². The number of rotatable bonds is 51. The van der Waals surface area contributed by atoms with Crippen LogP contribution in [-0.4, -0.2) is 37.9 Å². The summed E-state index contributed by atoms with van der Waals surface area (Å²) in [5, 5.41) is 0. The minimum absolute atomic E-state index is 0.154. The SMILES string of the molecule is CC/C=C\C/C=C\C/C=C\CCCCCCCC(=O)OC[C@H](COC(=O)CCCCCCCCCCCCCCCCC)OCCCCCCCCCCCCCCCCCC. The summed E-state index contributed by atoms with van der Waals surface area (Å²) in [6.07, 6.45) is 64.6. The van der Waals surface area contributed by atoms with Crippen LogP contribution in [0.1, 0.15) is 290 Å². The van der Waals surface area contributed by atoms with Crippen LogP contribution in [0.15, 0.2) is 36.5 Å². The molecule has 364 valence electrons. The Bertz CT molecular complexity index is 986. The van der Waals surface area contributed by atoms with E-state index in [1.54, 1.807) is 0 Å². The molecule has 0 N–H and O–H groups in total. The first kappa shape index (κ1) is 60.1. The molecule has 0 saturated carbocycles. The summed E-state index contributed by atoms with van der Waals surface area (Å²) in [5.41, 5.74) is 0. The normalized spacial score (nSPS) is 12.4.